The van der Waals surface area contributed by atoms with Gasteiger partial charge in [0.2, 0.25) is 11.7 Å². The lowest BCUT2D eigenvalue weighted by Crippen LogP contribution is -2.42. The van der Waals surface area contributed by atoms with Gasteiger partial charge in [0.15, 0.2) is 0 Å². The van der Waals surface area contributed by atoms with Crippen molar-refractivity contribution in [3.05, 3.63) is 48.8 Å². The number of benzene rings is 1. The molecule has 3 aromatic rings. The number of carbonyl (C=O) groups excluding carboxylic acids is 1. The third-order valence-corrected chi connectivity index (χ3v) is 4.73. The summed E-state index contributed by atoms with van der Waals surface area (Å²) in [6.07, 6.45) is 7.59. The van der Waals surface area contributed by atoms with Gasteiger partial charge < -0.3 is 9.47 Å². The van der Waals surface area contributed by atoms with E-state index in [9.17, 15) is 9.18 Å². The van der Waals surface area contributed by atoms with Gasteiger partial charge in [0.05, 0.1) is 6.33 Å². The van der Waals surface area contributed by atoms with Gasteiger partial charge in [-0.1, -0.05) is 0 Å². The number of hydrogen-bond donors (Lipinski definition) is 0. The van der Waals surface area contributed by atoms with Gasteiger partial charge in [-0.15, -0.1) is 10.2 Å². The predicted octanol–water partition coefficient (Wildman–Crippen LogP) is 1.61. The van der Waals surface area contributed by atoms with Crippen LogP contribution in [-0.4, -0.2) is 53.7 Å². The molecule has 1 saturated heterocycles. The number of carbonyl (C=O) groups is 1. The zero-order valence-corrected chi connectivity index (χ0v) is 14.8. The van der Waals surface area contributed by atoms with Crippen molar-refractivity contribution in [3.8, 4) is 11.4 Å². The van der Waals surface area contributed by atoms with Crippen molar-refractivity contribution in [1.82, 2.24) is 34.7 Å². The maximum absolute atomic E-state index is 13.0. The number of imidazole rings is 1. The second-order valence-corrected chi connectivity index (χ2v) is 6.76. The Morgan fingerprint density at radius 2 is 2.11 bits per heavy atom. The highest BCUT2D eigenvalue weighted by Crippen LogP contribution is 2.19. The van der Waals surface area contributed by atoms with E-state index in [1.165, 1.54) is 16.9 Å². The number of piperidine rings is 1. The molecule has 27 heavy (non-hydrogen) atoms. The molecule has 1 fully saturated rings. The highest BCUT2D eigenvalue weighted by atomic mass is 19.1. The molecule has 140 valence electrons. The molecule has 1 atom stereocenters. The summed E-state index contributed by atoms with van der Waals surface area (Å²) in [5.41, 5.74) is 0.661. The van der Waals surface area contributed by atoms with Crippen LogP contribution in [0.5, 0.6) is 0 Å². The first-order valence-electron chi connectivity index (χ1n) is 8.94. The van der Waals surface area contributed by atoms with Crippen LogP contribution >= 0.6 is 0 Å². The molecule has 0 spiro atoms. The first-order chi connectivity index (χ1) is 13.2. The fraction of sp³-hybridized carbons (Fsp3) is 0.389. The van der Waals surface area contributed by atoms with E-state index in [0.717, 1.165) is 32.5 Å². The van der Waals surface area contributed by atoms with Gasteiger partial charge in [0.1, 0.15) is 12.4 Å². The number of likely N-dealkylation sites (tertiary alicyclic amines) is 1. The molecule has 0 bridgehead atoms. The summed E-state index contributed by atoms with van der Waals surface area (Å²) in [7, 11) is 0. The average Bonchev–Trinajstić information content (AvgIpc) is 3.35. The van der Waals surface area contributed by atoms with Crippen LogP contribution in [0.4, 0.5) is 4.39 Å². The molecule has 1 aliphatic heterocycles. The Balaban J connectivity index is 1.36. The van der Waals surface area contributed by atoms with Crippen molar-refractivity contribution in [1.29, 1.82) is 0 Å². The van der Waals surface area contributed by atoms with E-state index in [-0.39, 0.29) is 18.3 Å². The first-order valence-corrected chi connectivity index (χ1v) is 8.94. The van der Waals surface area contributed by atoms with Crippen LogP contribution in [0.2, 0.25) is 0 Å². The topological polar surface area (TPSA) is 81.7 Å². The molecule has 4 rings (SSSR count). The molecule has 2 aromatic heterocycles. The summed E-state index contributed by atoms with van der Waals surface area (Å²) in [6.45, 7) is 2.38. The summed E-state index contributed by atoms with van der Waals surface area (Å²) >= 11 is 0. The van der Waals surface area contributed by atoms with Crippen molar-refractivity contribution in [2.45, 2.75) is 25.9 Å². The van der Waals surface area contributed by atoms with Crippen molar-refractivity contribution in [2.75, 3.05) is 13.1 Å². The van der Waals surface area contributed by atoms with E-state index in [2.05, 4.69) is 20.4 Å². The molecule has 8 nitrogen and oxygen atoms in total. The Morgan fingerprint density at radius 3 is 2.89 bits per heavy atom. The van der Waals surface area contributed by atoms with E-state index >= 15 is 0 Å². The van der Waals surface area contributed by atoms with Gasteiger partial charge in [-0.2, -0.15) is 4.80 Å². The molecule has 0 radical (unpaired) electrons. The second-order valence-electron chi connectivity index (χ2n) is 6.76. The fourth-order valence-electron chi connectivity index (χ4n) is 3.38. The number of halogens is 1. The van der Waals surface area contributed by atoms with Crippen LogP contribution in [0.25, 0.3) is 11.4 Å². The maximum Gasteiger partial charge on any atom is 0.246 e. The highest BCUT2D eigenvalue weighted by Gasteiger charge is 2.24. The van der Waals surface area contributed by atoms with E-state index in [1.807, 2.05) is 15.7 Å². The van der Waals surface area contributed by atoms with E-state index < -0.39 is 0 Å². The van der Waals surface area contributed by atoms with Crippen LogP contribution in [-0.2, 0) is 17.9 Å². The largest absolute Gasteiger partial charge is 0.341 e. The smallest absolute Gasteiger partial charge is 0.246 e. The van der Waals surface area contributed by atoms with E-state index in [1.54, 1.807) is 24.7 Å². The Hall–Kier alpha value is -3.10. The Labute approximate surface area is 155 Å². The summed E-state index contributed by atoms with van der Waals surface area (Å²) in [6, 6.07) is 5.86. The second kappa shape index (κ2) is 7.65. The van der Waals surface area contributed by atoms with Gasteiger partial charge in [-0.05, 0) is 48.2 Å². The Bertz CT molecular complexity index is 891. The van der Waals surface area contributed by atoms with Gasteiger partial charge in [0, 0.05) is 37.6 Å². The SMILES string of the molecule is O=C(Cn1nnc(-c2ccc(F)cc2)n1)N1CCC[C@H](Cn2ccnc2)C1. The molecule has 1 aliphatic rings. The number of tetrazole rings is 1. The zero-order chi connectivity index (χ0) is 18.6. The molecule has 1 amide bonds. The zero-order valence-electron chi connectivity index (χ0n) is 14.8. The standard InChI is InChI=1S/C18H20FN7O/c19-16-5-3-15(4-6-16)18-21-23-26(22-18)12-17(27)25-8-1-2-14(11-25)10-24-9-7-20-13-24/h3-7,9,13-14H,1-2,8,10-12H2/t14-/m1/s1. The number of amides is 1. The molecule has 0 aliphatic carbocycles. The number of aromatic nitrogens is 6. The lowest BCUT2D eigenvalue weighted by molar-refractivity contribution is -0.134. The molecule has 3 heterocycles. The quantitative estimate of drug-likeness (QED) is 0.683. The van der Waals surface area contributed by atoms with Crippen molar-refractivity contribution >= 4 is 5.91 Å². The van der Waals surface area contributed by atoms with E-state index in [4.69, 9.17) is 0 Å². The predicted molar refractivity (Wildman–Crippen MR) is 94.7 cm³/mol. The molecular weight excluding hydrogens is 349 g/mol. The normalized spacial score (nSPS) is 17.2. The summed E-state index contributed by atoms with van der Waals surface area (Å²) in [5, 5.41) is 12.1. The summed E-state index contributed by atoms with van der Waals surface area (Å²) in [5.74, 6) is 0.444. The minimum atomic E-state index is -0.323. The Kier molecular flexibility index (Phi) is 4.91. The van der Waals surface area contributed by atoms with Gasteiger partial charge in [0.25, 0.3) is 0 Å². The molecule has 0 saturated carbocycles. The van der Waals surface area contributed by atoms with Gasteiger partial charge in [-0.3, -0.25) is 4.79 Å². The number of nitrogens with zero attached hydrogens (tertiary/aromatic N) is 7. The van der Waals surface area contributed by atoms with Crippen molar-refractivity contribution in [3.63, 3.8) is 0 Å². The van der Waals surface area contributed by atoms with Crippen LogP contribution in [0.15, 0.2) is 43.0 Å². The van der Waals surface area contributed by atoms with Crippen LogP contribution in [0.1, 0.15) is 12.8 Å². The molecule has 1 aromatic carbocycles. The minimum absolute atomic E-state index is 0.0200. The highest BCUT2D eigenvalue weighted by molar-refractivity contribution is 5.75. The summed E-state index contributed by atoms with van der Waals surface area (Å²) < 4.78 is 15.1. The van der Waals surface area contributed by atoms with Crippen LogP contribution in [0.3, 0.4) is 0 Å². The van der Waals surface area contributed by atoms with E-state index in [0.29, 0.717) is 17.3 Å². The average molecular weight is 369 g/mol. The molecule has 9 heteroatoms. The van der Waals surface area contributed by atoms with Gasteiger partial charge >= 0.3 is 0 Å². The first kappa shape index (κ1) is 17.3. The molecule has 0 unspecified atom stereocenters. The third kappa shape index (κ3) is 4.18. The lowest BCUT2D eigenvalue weighted by atomic mass is 9.98. The van der Waals surface area contributed by atoms with Crippen LogP contribution < -0.4 is 0 Å². The lowest BCUT2D eigenvalue weighted by Gasteiger charge is -2.32. The minimum Gasteiger partial charge on any atom is -0.341 e. The monoisotopic (exact) mass is 369 g/mol. The van der Waals surface area contributed by atoms with Crippen molar-refractivity contribution < 1.29 is 9.18 Å². The van der Waals surface area contributed by atoms with Crippen molar-refractivity contribution in [2.24, 2.45) is 5.92 Å². The Morgan fingerprint density at radius 1 is 1.26 bits per heavy atom. The molecular formula is C18H20FN7O. The molecule has 0 N–H and O–H groups in total. The van der Waals surface area contributed by atoms with Gasteiger partial charge in [-0.25, -0.2) is 9.37 Å². The maximum atomic E-state index is 13.0. The third-order valence-electron chi connectivity index (χ3n) is 4.73. The number of rotatable bonds is 5. The number of hydrogen-bond acceptors (Lipinski definition) is 5. The summed E-state index contributed by atoms with van der Waals surface area (Å²) in [4.78, 5) is 19.9. The van der Waals surface area contributed by atoms with Crippen LogP contribution in [0, 0.1) is 11.7 Å². The fourth-order valence-corrected chi connectivity index (χ4v) is 3.38.